The minimum Gasteiger partial charge on any atom is -0.361 e. The van der Waals surface area contributed by atoms with Crippen molar-refractivity contribution in [3.63, 3.8) is 0 Å². The SMILES string of the molecule is CC(=O)N[C@H](Cc1c[nH]c2ccccc12)C(=O)N[C@H]1CCCc2c1cnn2C. The molecule has 7 heteroatoms. The molecule has 7 nitrogen and oxygen atoms in total. The third kappa shape index (κ3) is 3.52. The predicted molar refractivity (Wildman–Crippen MR) is 107 cm³/mol. The van der Waals surface area contributed by atoms with E-state index in [1.54, 1.807) is 0 Å². The molecule has 28 heavy (non-hydrogen) atoms. The van der Waals surface area contributed by atoms with E-state index in [9.17, 15) is 9.59 Å². The van der Waals surface area contributed by atoms with Gasteiger partial charge in [0, 0.05) is 48.7 Å². The van der Waals surface area contributed by atoms with Gasteiger partial charge in [-0.25, -0.2) is 0 Å². The quantitative estimate of drug-likeness (QED) is 0.634. The molecule has 4 rings (SSSR count). The van der Waals surface area contributed by atoms with Crippen LogP contribution < -0.4 is 10.6 Å². The highest BCUT2D eigenvalue weighted by atomic mass is 16.2. The summed E-state index contributed by atoms with van der Waals surface area (Å²) in [5.74, 6) is -0.382. The van der Waals surface area contributed by atoms with Crippen LogP contribution in [0.1, 0.15) is 42.6 Å². The lowest BCUT2D eigenvalue weighted by molar-refractivity contribution is -0.128. The molecule has 0 saturated heterocycles. The fourth-order valence-corrected chi connectivity index (χ4v) is 4.10. The van der Waals surface area contributed by atoms with Crippen molar-refractivity contribution in [3.8, 4) is 0 Å². The fraction of sp³-hybridized carbons (Fsp3) is 0.381. The van der Waals surface area contributed by atoms with Gasteiger partial charge in [-0.2, -0.15) is 5.10 Å². The summed E-state index contributed by atoms with van der Waals surface area (Å²) in [6.07, 6.45) is 7.04. The Bertz CT molecular complexity index is 1020. The van der Waals surface area contributed by atoms with Crippen LogP contribution in [0.4, 0.5) is 0 Å². The van der Waals surface area contributed by atoms with Crippen LogP contribution in [0.5, 0.6) is 0 Å². The van der Waals surface area contributed by atoms with Crippen molar-refractivity contribution in [2.24, 2.45) is 7.05 Å². The maximum Gasteiger partial charge on any atom is 0.243 e. The van der Waals surface area contributed by atoms with Crippen molar-refractivity contribution in [2.45, 2.75) is 44.7 Å². The summed E-state index contributed by atoms with van der Waals surface area (Å²) in [5.41, 5.74) is 4.28. The average Bonchev–Trinajstić information content (AvgIpc) is 3.26. The molecule has 1 aromatic carbocycles. The molecule has 2 aromatic heterocycles. The van der Waals surface area contributed by atoms with E-state index in [2.05, 4.69) is 20.7 Å². The van der Waals surface area contributed by atoms with Gasteiger partial charge in [0.05, 0.1) is 12.2 Å². The number of benzene rings is 1. The number of rotatable bonds is 5. The lowest BCUT2D eigenvalue weighted by Crippen LogP contribution is -2.48. The molecule has 1 aliphatic rings. The smallest absolute Gasteiger partial charge is 0.243 e. The third-order valence-corrected chi connectivity index (χ3v) is 5.49. The number of para-hydroxylation sites is 1. The molecule has 0 spiro atoms. The van der Waals surface area contributed by atoms with Gasteiger partial charge in [0.15, 0.2) is 0 Å². The van der Waals surface area contributed by atoms with Gasteiger partial charge in [0.25, 0.3) is 0 Å². The van der Waals surface area contributed by atoms with Crippen molar-refractivity contribution in [1.29, 1.82) is 0 Å². The van der Waals surface area contributed by atoms with E-state index >= 15 is 0 Å². The third-order valence-electron chi connectivity index (χ3n) is 5.49. The second kappa shape index (κ2) is 7.50. The number of H-pyrrole nitrogens is 1. The first kappa shape index (κ1) is 18.3. The van der Waals surface area contributed by atoms with E-state index in [-0.39, 0.29) is 17.9 Å². The van der Waals surface area contributed by atoms with Crippen molar-refractivity contribution in [1.82, 2.24) is 25.4 Å². The van der Waals surface area contributed by atoms with Crippen molar-refractivity contribution in [2.75, 3.05) is 0 Å². The van der Waals surface area contributed by atoms with Gasteiger partial charge in [-0.1, -0.05) is 18.2 Å². The van der Waals surface area contributed by atoms with Crippen molar-refractivity contribution >= 4 is 22.7 Å². The number of nitrogens with one attached hydrogen (secondary N) is 3. The zero-order valence-corrected chi connectivity index (χ0v) is 16.2. The van der Waals surface area contributed by atoms with Crippen LogP contribution in [-0.2, 0) is 29.5 Å². The summed E-state index contributed by atoms with van der Waals surface area (Å²) in [5, 5.41) is 11.4. The minimum absolute atomic E-state index is 0.0656. The number of nitrogens with zero attached hydrogens (tertiary/aromatic N) is 2. The van der Waals surface area contributed by atoms with Crippen LogP contribution in [0.2, 0.25) is 0 Å². The van der Waals surface area contributed by atoms with Crippen LogP contribution in [0.15, 0.2) is 36.7 Å². The normalized spacial score (nSPS) is 17.1. The van der Waals surface area contributed by atoms with Gasteiger partial charge in [-0.3, -0.25) is 14.3 Å². The largest absolute Gasteiger partial charge is 0.361 e. The molecular formula is C21H25N5O2. The Balaban J connectivity index is 1.54. The molecule has 0 fully saturated rings. The maximum absolute atomic E-state index is 13.1. The highest BCUT2D eigenvalue weighted by molar-refractivity contribution is 5.89. The van der Waals surface area contributed by atoms with Gasteiger partial charge < -0.3 is 15.6 Å². The first-order valence-corrected chi connectivity index (χ1v) is 9.66. The van der Waals surface area contributed by atoms with Crippen molar-refractivity contribution in [3.05, 3.63) is 53.5 Å². The van der Waals surface area contributed by atoms with Crippen LogP contribution in [0.25, 0.3) is 10.9 Å². The molecule has 0 radical (unpaired) electrons. The van der Waals surface area contributed by atoms with E-state index in [0.29, 0.717) is 6.42 Å². The highest BCUT2D eigenvalue weighted by Crippen LogP contribution is 2.29. The molecule has 0 saturated carbocycles. The minimum atomic E-state index is -0.626. The van der Waals surface area contributed by atoms with Crippen LogP contribution in [0.3, 0.4) is 0 Å². The maximum atomic E-state index is 13.1. The molecule has 1 aliphatic carbocycles. The molecular weight excluding hydrogens is 354 g/mol. The Hall–Kier alpha value is -3.09. The van der Waals surface area contributed by atoms with Gasteiger partial charge >= 0.3 is 0 Å². The van der Waals surface area contributed by atoms with E-state index in [4.69, 9.17) is 0 Å². The first-order chi connectivity index (χ1) is 13.5. The van der Waals surface area contributed by atoms with E-state index in [1.165, 1.54) is 12.6 Å². The number of aryl methyl sites for hydroxylation is 1. The Morgan fingerprint density at radius 1 is 1.36 bits per heavy atom. The molecule has 3 N–H and O–H groups in total. The van der Waals surface area contributed by atoms with E-state index in [1.807, 2.05) is 48.4 Å². The second-order valence-electron chi connectivity index (χ2n) is 7.44. The number of carbonyl (C=O) groups excluding carboxylic acids is 2. The lowest BCUT2D eigenvalue weighted by Gasteiger charge is -2.26. The topological polar surface area (TPSA) is 91.8 Å². The predicted octanol–water partition coefficient (Wildman–Crippen LogP) is 2.14. The monoisotopic (exact) mass is 379 g/mol. The zero-order valence-electron chi connectivity index (χ0n) is 16.2. The number of carbonyl (C=O) groups is 2. The lowest BCUT2D eigenvalue weighted by atomic mass is 9.92. The molecule has 0 bridgehead atoms. The Morgan fingerprint density at radius 2 is 2.18 bits per heavy atom. The Labute approximate surface area is 163 Å². The molecule has 0 unspecified atom stereocenters. The molecule has 2 amide bonds. The number of hydrogen-bond donors (Lipinski definition) is 3. The molecule has 2 heterocycles. The molecule has 146 valence electrons. The fourth-order valence-electron chi connectivity index (χ4n) is 4.10. The zero-order chi connectivity index (χ0) is 19.7. The first-order valence-electron chi connectivity index (χ1n) is 9.66. The number of fused-ring (bicyclic) bond motifs is 2. The van der Waals surface area contributed by atoms with Gasteiger partial charge in [0.1, 0.15) is 6.04 Å². The molecule has 0 aliphatic heterocycles. The highest BCUT2D eigenvalue weighted by Gasteiger charge is 2.28. The number of amides is 2. The van der Waals surface area contributed by atoms with Crippen LogP contribution in [-0.4, -0.2) is 32.6 Å². The Morgan fingerprint density at radius 3 is 3.00 bits per heavy atom. The van der Waals surface area contributed by atoms with E-state index in [0.717, 1.165) is 41.3 Å². The second-order valence-corrected chi connectivity index (χ2v) is 7.44. The standard InChI is InChI=1S/C21H25N5O2/c1-13(27)24-19(10-14-11-22-17-7-4-3-6-15(14)17)21(28)25-18-8-5-9-20-16(18)12-23-26(20)2/h3-4,6-7,11-12,18-19,22H,5,8-10H2,1-2H3,(H,24,27)(H,25,28)/t18-,19+/m0/s1. The summed E-state index contributed by atoms with van der Waals surface area (Å²) in [4.78, 5) is 28.0. The van der Waals surface area contributed by atoms with Gasteiger partial charge in [0.2, 0.25) is 11.8 Å². The number of aromatic nitrogens is 3. The van der Waals surface area contributed by atoms with E-state index < -0.39 is 6.04 Å². The summed E-state index contributed by atoms with van der Waals surface area (Å²) in [6, 6.07) is 7.27. The van der Waals surface area contributed by atoms with Crippen LogP contribution in [0, 0.1) is 0 Å². The molecule has 2 atom stereocenters. The van der Waals surface area contributed by atoms with Crippen LogP contribution >= 0.6 is 0 Å². The Kier molecular flexibility index (Phi) is 4.90. The van der Waals surface area contributed by atoms with Gasteiger partial charge in [-0.15, -0.1) is 0 Å². The van der Waals surface area contributed by atoms with Crippen molar-refractivity contribution < 1.29 is 9.59 Å². The van der Waals surface area contributed by atoms with Gasteiger partial charge in [-0.05, 0) is 30.9 Å². The molecule has 3 aromatic rings. The summed E-state index contributed by atoms with van der Waals surface area (Å²) in [7, 11) is 1.93. The number of aromatic amines is 1. The summed E-state index contributed by atoms with van der Waals surface area (Å²) in [6.45, 7) is 1.44. The number of hydrogen-bond acceptors (Lipinski definition) is 3. The summed E-state index contributed by atoms with van der Waals surface area (Å²) < 4.78 is 1.88. The summed E-state index contributed by atoms with van der Waals surface area (Å²) >= 11 is 0. The average molecular weight is 379 g/mol.